The Bertz CT molecular complexity index is 1050. The zero-order valence-electron chi connectivity index (χ0n) is 14.8. The zero-order chi connectivity index (χ0) is 19.4. The molecule has 1 heterocycles. The first-order valence-corrected chi connectivity index (χ1v) is 9.67. The third-order valence-electron chi connectivity index (χ3n) is 3.46. The van der Waals surface area contributed by atoms with Crippen LogP contribution in [0.1, 0.15) is 13.8 Å². The van der Waals surface area contributed by atoms with Crippen molar-refractivity contribution in [1.29, 1.82) is 0 Å². The van der Waals surface area contributed by atoms with Crippen LogP contribution in [-0.4, -0.2) is 31.1 Å². The monoisotopic (exact) mass is 389 g/mol. The third kappa shape index (κ3) is 4.76. The van der Waals surface area contributed by atoms with E-state index in [1.807, 2.05) is 13.8 Å². The summed E-state index contributed by atoms with van der Waals surface area (Å²) in [5, 5.41) is 2.48. The number of aromatic amines is 1. The number of ether oxygens (including phenoxy) is 1. The van der Waals surface area contributed by atoms with Gasteiger partial charge in [0.2, 0.25) is 5.95 Å². The molecule has 2 N–H and O–H groups in total. The van der Waals surface area contributed by atoms with Gasteiger partial charge in [-0.25, -0.2) is 9.78 Å². The molecule has 0 unspecified atom stereocenters. The van der Waals surface area contributed by atoms with Crippen LogP contribution in [0.5, 0.6) is 5.75 Å². The van der Waals surface area contributed by atoms with Crippen LogP contribution in [0, 0.1) is 5.92 Å². The van der Waals surface area contributed by atoms with Crippen molar-refractivity contribution >= 4 is 33.2 Å². The molecule has 142 valence electrons. The van der Waals surface area contributed by atoms with Gasteiger partial charge in [0.05, 0.1) is 17.6 Å². The second-order valence-electron chi connectivity index (χ2n) is 6.23. The maximum absolute atomic E-state index is 12.4. The number of H-pyrrole nitrogens is 1. The molecule has 0 fully saturated rings. The number of nitrogens with one attached hydrogen (secondary N) is 2. The summed E-state index contributed by atoms with van der Waals surface area (Å²) >= 11 is 0. The van der Waals surface area contributed by atoms with Crippen molar-refractivity contribution in [3.05, 3.63) is 48.5 Å². The lowest BCUT2D eigenvalue weighted by Gasteiger charge is -2.06. The molecule has 2 aromatic carbocycles. The van der Waals surface area contributed by atoms with E-state index in [2.05, 4.69) is 15.3 Å². The maximum atomic E-state index is 12.4. The summed E-state index contributed by atoms with van der Waals surface area (Å²) in [5.74, 6) is 0.593. The first-order valence-electron chi connectivity index (χ1n) is 8.26. The minimum atomic E-state index is -4.00. The van der Waals surface area contributed by atoms with Gasteiger partial charge in [-0.1, -0.05) is 32.0 Å². The Morgan fingerprint density at radius 1 is 1.19 bits per heavy atom. The number of para-hydroxylation sites is 1. The van der Waals surface area contributed by atoms with E-state index in [1.165, 1.54) is 12.1 Å². The molecule has 0 aliphatic carbocycles. The minimum Gasteiger partial charge on any atom is -0.449 e. The highest BCUT2D eigenvalue weighted by atomic mass is 32.2. The molecule has 0 radical (unpaired) electrons. The van der Waals surface area contributed by atoms with Crippen molar-refractivity contribution in [2.24, 2.45) is 5.92 Å². The number of hydrogen-bond donors (Lipinski definition) is 2. The number of benzene rings is 2. The fourth-order valence-corrected chi connectivity index (χ4v) is 3.18. The molecule has 0 bridgehead atoms. The standard InChI is InChI=1S/C18H19N3O5S/c1-12(2)11-25-18(22)21-17-19-15-9-8-14(10-16(15)20-17)27(23,24)26-13-6-4-3-5-7-13/h3-10,12H,11H2,1-2H3,(H2,19,20,21,22). The van der Waals surface area contributed by atoms with Crippen LogP contribution < -0.4 is 9.50 Å². The second kappa shape index (κ2) is 7.67. The average Bonchev–Trinajstić information content (AvgIpc) is 3.01. The van der Waals surface area contributed by atoms with Gasteiger partial charge >= 0.3 is 16.2 Å². The van der Waals surface area contributed by atoms with Crippen molar-refractivity contribution in [2.75, 3.05) is 11.9 Å². The molecular weight excluding hydrogens is 370 g/mol. The van der Waals surface area contributed by atoms with Crippen LogP contribution in [0.2, 0.25) is 0 Å². The number of rotatable bonds is 6. The summed E-state index contributed by atoms with van der Waals surface area (Å²) < 4.78 is 35.0. The van der Waals surface area contributed by atoms with Gasteiger partial charge in [-0.2, -0.15) is 8.42 Å². The Balaban J connectivity index is 1.78. The molecule has 1 amide bonds. The van der Waals surface area contributed by atoms with Gasteiger partial charge in [0.25, 0.3) is 0 Å². The highest BCUT2D eigenvalue weighted by molar-refractivity contribution is 7.87. The molecule has 0 aliphatic heterocycles. The smallest absolute Gasteiger partial charge is 0.413 e. The molecule has 3 aromatic rings. The summed E-state index contributed by atoms with van der Waals surface area (Å²) in [6.07, 6.45) is -0.636. The van der Waals surface area contributed by atoms with E-state index >= 15 is 0 Å². The molecule has 0 atom stereocenters. The molecule has 0 aliphatic rings. The summed E-state index contributed by atoms with van der Waals surface area (Å²) in [5.41, 5.74) is 0.930. The maximum Gasteiger partial charge on any atom is 0.413 e. The molecule has 8 nitrogen and oxygen atoms in total. The Hall–Kier alpha value is -3.07. The molecule has 0 saturated carbocycles. The van der Waals surface area contributed by atoms with Crippen molar-refractivity contribution in [3.8, 4) is 5.75 Å². The summed E-state index contributed by atoms with van der Waals surface area (Å²) in [4.78, 5) is 18.7. The van der Waals surface area contributed by atoms with Crippen molar-refractivity contribution in [2.45, 2.75) is 18.7 Å². The Labute approximate surface area is 156 Å². The van der Waals surface area contributed by atoms with Crippen LogP contribution in [0.15, 0.2) is 53.4 Å². The zero-order valence-corrected chi connectivity index (χ0v) is 15.6. The molecular formula is C18H19N3O5S. The van der Waals surface area contributed by atoms with Gasteiger partial charge in [0.1, 0.15) is 10.6 Å². The number of hydrogen-bond acceptors (Lipinski definition) is 6. The van der Waals surface area contributed by atoms with E-state index in [4.69, 9.17) is 8.92 Å². The summed E-state index contributed by atoms with van der Waals surface area (Å²) in [7, 11) is -4.00. The third-order valence-corrected chi connectivity index (χ3v) is 4.70. The van der Waals surface area contributed by atoms with Crippen molar-refractivity contribution in [3.63, 3.8) is 0 Å². The van der Waals surface area contributed by atoms with E-state index in [-0.39, 0.29) is 29.1 Å². The fourth-order valence-electron chi connectivity index (χ4n) is 2.23. The molecule has 9 heteroatoms. The lowest BCUT2D eigenvalue weighted by Crippen LogP contribution is -2.17. The van der Waals surface area contributed by atoms with Gasteiger partial charge < -0.3 is 13.9 Å². The SMILES string of the molecule is CC(C)COC(=O)Nc1nc2cc(S(=O)(=O)Oc3ccccc3)ccc2[nH]1. The topological polar surface area (TPSA) is 110 Å². The number of carbonyl (C=O) groups excluding carboxylic acids is 1. The Morgan fingerprint density at radius 3 is 2.63 bits per heavy atom. The molecule has 1 aromatic heterocycles. The van der Waals surface area contributed by atoms with Gasteiger partial charge in [-0.15, -0.1) is 0 Å². The first-order chi connectivity index (χ1) is 12.8. The van der Waals surface area contributed by atoms with Gasteiger partial charge in [0.15, 0.2) is 0 Å². The van der Waals surface area contributed by atoms with E-state index in [0.717, 1.165) is 0 Å². The number of carbonyl (C=O) groups is 1. The van der Waals surface area contributed by atoms with Crippen LogP contribution in [0.4, 0.5) is 10.7 Å². The predicted octanol–water partition coefficient (Wildman–Crippen LogP) is 3.54. The van der Waals surface area contributed by atoms with E-state index < -0.39 is 16.2 Å². The number of aromatic nitrogens is 2. The van der Waals surface area contributed by atoms with E-state index in [1.54, 1.807) is 36.4 Å². The average molecular weight is 389 g/mol. The Kier molecular flexibility index (Phi) is 5.31. The lowest BCUT2D eigenvalue weighted by molar-refractivity contribution is 0.147. The molecule has 3 rings (SSSR count). The van der Waals surface area contributed by atoms with Crippen LogP contribution >= 0.6 is 0 Å². The number of anilines is 1. The van der Waals surface area contributed by atoms with Gasteiger partial charge in [-0.3, -0.25) is 5.32 Å². The largest absolute Gasteiger partial charge is 0.449 e. The van der Waals surface area contributed by atoms with Crippen molar-refractivity contribution in [1.82, 2.24) is 9.97 Å². The number of fused-ring (bicyclic) bond motifs is 1. The molecule has 27 heavy (non-hydrogen) atoms. The lowest BCUT2D eigenvalue weighted by atomic mass is 10.2. The van der Waals surface area contributed by atoms with Gasteiger partial charge in [-0.05, 0) is 36.2 Å². The van der Waals surface area contributed by atoms with Gasteiger partial charge in [0, 0.05) is 0 Å². The summed E-state index contributed by atoms with van der Waals surface area (Å²) in [6, 6.07) is 12.5. The molecule has 0 spiro atoms. The second-order valence-corrected chi connectivity index (χ2v) is 7.78. The summed E-state index contributed by atoms with van der Waals surface area (Å²) in [6.45, 7) is 4.13. The normalized spacial score (nSPS) is 11.5. The number of imidazole rings is 1. The van der Waals surface area contributed by atoms with Crippen LogP contribution in [0.25, 0.3) is 11.0 Å². The highest BCUT2D eigenvalue weighted by Gasteiger charge is 2.18. The quantitative estimate of drug-likeness (QED) is 0.624. The van der Waals surface area contributed by atoms with E-state index in [9.17, 15) is 13.2 Å². The molecule has 0 saturated heterocycles. The van der Waals surface area contributed by atoms with Crippen LogP contribution in [-0.2, 0) is 14.9 Å². The predicted molar refractivity (Wildman–Crippen MR) is 100 cm³/mol. The number of amides is 1. The van der Waals surface area contributed by atoms with E-state index in [0.29, 0.717) is 11.0 Å². The first kappa shape index (κ1) is 18.7. The fraction of sp³-hybridized carbons (Fsp3) is 0.222. The highest BCUT2D eigenvalue weighted by Crippen LogP contribution is 2.22. The van der Waals surface area contributed by atoms with Crippen LogP contribution in [0.3, 0.4) is 0 Å². The minimum absolute atomic E-state index is 0.0423. The van der Waals surface area contributed by atoms with Crippen molar-refractivity contribution < 1.29 is 22.1 Å². The number of nitrogens with zero attached hydrogens (tertiary/aromatic N) is 1. The Morgan fingerprint density at radius 2 is 1.93 bits per heavy atom.